The van der Waals surface area contributed by atoms with Crippen molar-refractivity contribution < 1.29 is 19.2 Å². The second kappa shape index (κ2) is 6.65. The van der Waals surface area contributed by atoms with Gasteiger partial charge in [-0.1, -0.05) is 0 Å². The summed E-state index contributed by atoms with van der Waals surface area (Å²) in [6, 6.07) is 4.52. The van der Waals surface area contributed by atoms with Crippen LogP contribution in [-0.4, -0.2) is 72.2 Å². The first-order valence-electron chi connectivity index (χ1n) is 12.2. The molecule has 33 heavy (non-hydrogen) atoms. The fraction of sp³-hybridized carbons (Fsp3) is 0.600. The molecule has 0 radical (unpaired) electrons. The molecule has 0 bridgehead atoms. The molecule has 2 saturated carbocycles. The van der Waals surface area contributed by atoms with Gasteiger partial charge in [0.2, 0.25) is 11.8 Å². The van der Waals surface area contributed by atoms with E-state index in [4.69, 9.17) is 0 Å². The van der Waals surface area contributed by atoms with E-state index >= 15 is 0 Å². The summed E-state index contributed by atoms with van der Waals surface area (Å²) in [5.74, 6) is 1.00. The van der Waals surface area contributed by atoms with Gasteiger partial charge < -0.3 is 9.80 Å². The van der Waals surface area contributed by atoms with E-state index in [-0.39, 0.29) is 18.7 Å². The number of benzene rings is 1. The second-order valence-electron chi connectivity index (χ2n) is 11.3. The topological polar surface area (TPSA) is 90.0 Å². The molecule has 1 aromatic carbocycles. The zero-order valence-electron chi connectivity index (χ0n) is 18.6. The standard InChI is InChI=1S/C25H28N4O4/c30-21-4-3-20(22(31)26-21)29-23(32)18-2-1-17(6-19(18)24(29)33)28-12-25(13-28)7-14(8-25)9-27-10-15-5-16(15)11-27/h1-2,6,14-16,20H,3-5,7-13H2,(H,26,30,31). The van der Waals surface area contributed by atoms with Crippen LogP contribution in [-0.2, 0) is 9.59 Å². The molecule has 0 aromatic heterocycles. The summed E-state index contributed by atoms with van der Waals surface area (Å²) in [4.78, 5) is 55.6. The van der Waals surface area contributed by atoms with Crippen LogP contribution in [0.5, 0.6) is 0 Å². The maximum absolute atomic E-state index is 13.1. The highest BCUT2D eigenvalue weighted by Gasteiger charge is 2.54. The van der Waals surface area contributed by atoms with E-state index in [1.54, 1.807) is 12.1 Å². The molecule has 4 aliphatic heterocycles. The minimum atomic E-state index is -0.917. The van der Waals surface area contributed by atoms with Crippen LogP contribution in [0.1, 0.15) is 52.8 Å². The quantitative estimate of drug-likeness (QED) is 0.698. The average molecular weight is 449 g/mol. The van der Waals surface area contributed by atoms with Crippen LogP contribution >= 0.6 is 0 Å². The van der Waals surface area contributed by atoms with Crippen LogP contribution in [0.4, 0.5) is 5.69 Å². The Morgan fingerprint density at radius 1 is 0.970 bits per heavy atom. The van der Waals surface area contributed by atoms with E-state index in [0.717, 1.165) is 41.4 Å². The number of piperidine rings is 2. The number of nitrogens with one attached hydrogen (secondary N) is 1. The SMILES string of the molecule is O=C1CCC(N2C(=O)c3ccc(N4CC5(CC(CN6CC7CC7C6)C5)C4)cc3C2=O)C(=O)N1. The van der Waals surface area contributed by atoms with E-state index in [1.165, 1.54) is 38.9 Å². The van der Waals surface area contributed by atoms with Crippen LogP contribution < -0.4 is 10.2 Å². The van der Waals surface area contributed by atoms with E-state index in [0.29, 0.717) is 16.5 Å². The number of fused-ring (bicyclic) bond motifs is 2. The van der Waals surface area contributed by atoms with Crippen molar-refractivity contribution in [2.24, 2.45) is 23.2 Å². The molecule has 172 valence electrons. The van der Waals surface area contributed by atoms with Crippen molar-refractivity contribution in [2.45, 2.75) is 38.1 Å². The Bertz CT molecular complexity index is 1090. The summed E-state index contributed by atoms with van der Waals surface area (Å²) in [7, 11) is 0. The Balaban J connectivity index is 0.996. The van der Waals surface area contributed by atoms with Crippen molar-refractivity contribution in [2.75, 3.05) is 37.6 Å². The molecule has 8 nitrogen and oxygen atoms in total. The highest BCUT2D eigenvalue weighted by Crippen LogP contribution is 2.54. The number of likely N-dealkylation sites (tertiary alicyclic amines) is 1. The molecule has 4 heterocycles. The largest absolute Gasteiger partial charge is 0.370 e. The smallest absolute Gasteiger partial charge is 0.262 e. The number of imide groups is 2. The Morgan fingerprint density at radius 3 is 2.42 bits per heavy atom. The van der Waals surface area contributed by atoms with Crippen molar-refractivity contribution in [3.63, 3.8) is 0 Å². The number of anilines is 1. The Morgan fingerprint density at radius 2 is 1.70 bits per heavy atom. The van der Waals surface area contributed by atoms with Gasteiger partial charge in [-0.25, -0.2) is 0 Å². The van der Waals surface area contributed by atoms with Gasteiger partial charge in [0.25, 0.3) is 11.8 Å². The third kappa shape index (κ3) is 2.99. The first-order valence-corrected chi connectivity index (χ1v) is 12.2. The fourth-order valence-electron chi connectivity index (χ4n) is 7.16. The van der Waals surface area contributed by atoms with Crippen molar-refractivity contribution in [1.82, 2.24) is 15.1 Å². The molecule has 3 atom stereocenters. The molecule has 3 unspecified atom stereocenters. The van der Waals surface area contributed by atoms with E-state index in [9.17, 15) is 19.2 Å². The van der Waals surface area contributed by atoms with Gasteiger partial charge in [-0.15, -0.1) is 0 Å². The highest BCUT2D eigenvalue weighted by molar-refractivity contribution is 6.23. The zero-order valence-corrected chi connectivity index (χ0v) is 18.6. The van der Waals surface area contributed by atoms with Crippen molar-refractivity contribution in [1.29, 1.82) is 0 Å². The summed E-state index contributed by atoms with van der Waals surface area (Å²) >= 11 is 0. The predicted molar refractivity (Wildman–Crippen MR) is 119 cm³/mol. The molecular weight excluding hydrogens is 420 g/mol. The molecular formula is C25H28N4O4. The zero-order chi connectivity index (χ0) is 22.5. The van der Waals surface area contributed by atoms with Gasteiger partial charge >= 0.3 is 0 Å². The third-order valence-corrected chi connectivity index (χ3v) is 8.86. The summed E-state index contributed by atoms with van der Waals surface area (Å²) < 4.78 is 0. The number of carbonyl (C=O) groups is 4. The lowest BCUT2D eigenvalue weighted by molar-refractivity contribution is -0.136. The van der Waals surface area contributed by atoms with E-state index in [2.05, 4.69) is 15.1 Å². The van der Waals surface area contributed by atoms with Crippen LogP contribution in [0, 0.1) is 23.2 Å². The normalized spacial score (nSPS) is 32.5. The van der Waals surface area contributed by atoms with Gasteiger partial charge in [0.1, 0.15) is 6.04 Å². The minimum absolute atomic E-state index is 0.130. The molecule has 1 aromatic rings. The van der Waals surface area contributed by atoms with Crippen molar-refractivity contribution >= 4 is 29.3 Å². The number of rotatable bonds is 4. The summed E-state index contributed by atoms with van der Waals surface area (Å²) in [6.45, 7) is 5.91. The van der Waals surface area contributed by atoms with Crippen LogP contribution in [0.2, 0.25) is 0 Å². The Hall–Kier alpha value is -2.74. The predicted octanol–water partition coefficient (Wildman–Crippen LogP) is 1.26. The average Bonchev–Trinajstić information content (AvgIpc) is 3.26. The van der Waals surface area contributed by atoms with Crippen molar-refractivity contribution in [3.8, 4) is 0 Å². The summed E-state index contributed by atoms with van der Waals surface area (Å²) in [5, 5.41) is 2.24. The molecule has 6 aliphatic rings. The number of nitrogens with zero attached hydrogens (tertiary/aromatic N) is 3. The van der Waals surface area contributed by atoms with Crippen molar-refractivity contribution in [3.05, 3.63) is 29.3 Å². The van der Waals surface area contributed by atoms with Crippen LogP contribution in [0.3, 0.4) is 0 Å². The minimum Gasteiger partial charge on any atom is -0.370 e. The number of amides is 4. The van der Waals surface area contributed by atoms with E-state index in [1.807, 2.05) is 6.07 Å². The first-order chi connectivity index (χ1) is 15.9. The molecule has 3 saturated heterocycles. The lowest BCUT2D eigenvalue weighted by atomic mass is 9.57. The van der Waals surface area contributed by atoms with Gasteiger partial charge in [0, 0.05) is 50.2 Å². The second-order valence-corrected chi connectivity index (χ2v) is 11.3. The fourth-order valence-corrected chi connectivity index (χ4v) is 7.16. The molecule has 8 heteroatoms. The number of carbonyl (C=O) groups excluding carboxylic acids is 4. The summed E-state index contributed by atoms with van der Waals surface area (Å²) in [6.07, 6.45) is 4.35. The third-order valence-electron chi connectivity index (χ3n) is 8.86. The Kier molecular flexibility index (Phi) is 3.97. The number of hydrogen-bond donors (Lipinski definition) is 1. The van der Waals surface area contributed by atoms with Crippen LogP contribution in [0.25, 0.3) is 0 Å². The molecule has 5 fully saturated rings. The van der Waals surface area contributed by atoms with E-state index < -0.39 is 23.8 Å². The monoisotopic (exact) mass is 448 g/mol. The maximum atomic E-state index is 13.1. The molecule has 2 aliphatic carbocycles. The van der Waals surface area contributed by atoms with Gasteiger partial charge in [0.05, 0.1) is 11.1 Å². The summed E-state index contributed by atoms with van der Waals surface area (Å²) in [5.41, 5.74) is 2.09. The van der Waals surface area contributed by atoms with Gasteiger partial charge in [-0.05, 0) is 61.6 Å². The van der Waals surface area contributed by atoms with Gasteiger partial charge in [-0.2, -0.15) is 0 Å². The molecule has 1 N–H and O–H groups in total. The highest BCUT2D eigenvalue weighted by atomic mass is 16.2. The lowest BCUT2D eigenvalue weighted by Gasteiger charge is -2.60. The first kappa shape index (κ1) is 19.7. The molecule has 7 rings (SSSR count). The molecule has 1 spiro atoms. The van der Waals surface area contributed by atoms with Crippen LogP contribution in [0.15, 0.2) is 18.2 Å². The van der Waals surface area contributed by atoms with Gasteiger partial charge in [-0.3, -0.25) is 29.4 Å². The Labute approximate surface area is 192 Å². The maximum Gasteiger partial charge on any atom is 0.262 e. The number of hydrogen-bond acceptors (Lipinski definition) is 6. The molecule has 4 amide bonds. The lowest BCUT2D eigenvalue weighted by Crippen LogP contribution is -2.63. The van der Waals surface area contributed by atoms with Gasteiger partial charge in [0.15, 0.2) is 0 Å².